The van der Waals surface area contributed by atoms with Gasteiger partial charge in [0.15, 0.2) is 0 Å². The fourth-order valence-electron chi connectivity index (χ4n) is 2.50. The summed E-state index contributed by atoms with van der Waals surface area (Å²) in [6, 6.07) is 5.48. The molecule has 2 atom stereocenters. The van der Waals surface area contributed by atoms with Crippen molar-refractivity contribution in [1.82, 2.24) is 5.32 Å². The number of likely N-dealkylation sites (N-methyl/N-ethyl adjacent to an activating group) is 1. The Hall–Kier alpha value is -0.930. The molecule has 1 fully saturated rings. The van der Waals surface area contributed by atoms with Crippen molar-refractivity contribution in [3.8, 4) is 0 Å². The molecule has 1 aromatic carbocycles. The Bertz CT molecular complexity index is 403. The molecule has 0 spiro atoms. The SMILES string of the molecule is CCOC(C1CC1)C(NC)c1ccc(F)c(C)c1. The van der Waals surface area contributed by atoms with Gasteiger partial charge >= 0.3 is 0 Å². The predicted molar refractivity (Wildman–Crippen MR) is 71.1 cm³/mol. The minimum Gasteiger partial charge on any atom is -0.376 e. The van der Waals surface area contributed by atoms with Crippen LogP contribution in [-0.4, -0.2) is 19.8 Å². The Balaban J connectivity index is 2.22. The van der Waals surface area contributed by atoms with Gasteiger partial charge in [0.1, 0.15) is 5.82 Å². The van der Waals surface area contributed by atoms with Gasteiger partial charge in [-0.2, -0.15) is 0 Å². The summed E-state index contributed by atoms with van der Waals surface area (Å²) in [6.45, 7) is 4.55. The first kappa shape index (κ1) is 13.5. The van der Waals surface area contributed by atoms with Crippen LogP contribution < -0.4 is 5.32 Å². The number of rotatable bonds is 6. The molecule has 1 aliphatic carbocycles. The summed E-state index contributed by atoms with van der Waals surface area (Å²) in [5, 5.41) is 3.32. The van der Waals surface area contributed by atoms with E-state index in [-0.39, 0.29) is 18.0 Å². The molecule has 1 N–H and O–H groups in total. The van der Waals surface area contributed by atoms with Gasteiger partial charge in [-0.1, -0.05) is 12.1 Å². The Kier molecular flexibility index (Phi) is 4.36. The molecule has 2 rings (SSSR count). The summed E-state index contributed by atoms with van der Waals surface area (Å²) in [5.74, 6) is 0.501. The van der Waals surface area contributed by atoms with Crippen molar-refractivity contribution in [2.24, 2.45) is 5.92 Å². The molecule has 0 saturated heterocycles. The lowest BCUT2D eigenvalue weighted by molar-refractivity contribution is 0.0204. The van der Waals surface area contributed by atoms with Crippen molar-refractivity contribution >= 4 is 0 Å². The van der Waals surface area contributed by atoms with Crippen LogP contribution in [0.4, 0.5) is 4.39 Å². The average Bonchev–Trinajstić information content (AvgIpc) is 3.17. The van der Waals surface area contributed by atoms with E-state index < -0.39 is 0 Å². The lowest BCUT2D eigenvalue weighted by atomic mass is 9.96. The molecule has 18 heavy (non-hydrogen) atoms. The standard InChI is InChI=1S/C15H22FNO/c1-4-18-15(11-5-6-11)14(17-3)12-7-8-13(16)10(2)9-12/h7-9,11,14-15,17H,4-6H2,1-3H3. The van der Waals surface area contributed by atoms with E-state index in [1.54, 1.807) is 13.0 Å². The molecule has 3 heteroatoms. The summed E-state index contributed by atoms with van der Waals surface area (Å²) in [5.41, 5.74) is 1.81. The zero-order chi connectivity index (χ0) is 13.1. The molecular weight excluding hydrogens is 229 g/mol. The maximum atomic E-state index is 13.3. The number of hydrogen-bond acceptors (Lipinski definition) is 2. The highest BCUT2D eigenvalue weighted by Crippen LogP contribution is 2.40. The van der Waals surface area contributed by atoms with Crippen molar-refractivity contribution in [3.05, 3.63) is 35.1 Å². The van der Waals surface area contributed by atoms with Crippen molar-refractivity contribution in [2.75, 3.05) is 13.7 Å². The van der Waals surface area contributed by atoms with Crippen molar-refractivity contribution in [3.63, 3.8) is 0 Å². The zero-order valence-electron chi connectivity index (χ0n) is 11.4. The predicted octanol–water partition coefficient (Wildman–Crippen LogP) is 3.21. The van der Waals surface area contributed by atoms with Gasteiger partial charge in [0.05, 0.1) is 12.1 Å². The molecule has 100 valence electrons. The van der Waals surface area contributed by atoms with Crippen LogP contribution in [0.1, 0.15) is 36.9 Å². The molecule has 0 bridgehead atoms. The quantitative estimate of drug-likeness (QED) is 0.838. The number of ether oxygens (including phenoxy) is 1. The minimum absolute atomic E-state index is 0.145. The van der Waals surface area contributed by atoms with E-state index >= 15 is 0 Å². The minimum atomic E-state index is -0.145. The fourth-order valence-corrected chi connectivity index (χ4v) is 2.50. The maximum absolute atomic E-state index is 13.3. The van der Waals surface area contributed by atoms with E-state index in [9.17, 15) is 4.39 Å². The summed E-state index contributed by atoms with van der Waals surface area (Å²) >= 11 is 0. The van der Waals surface area contributed by atoms with Gasteiger partial charge < -0.3 is 10.1 Å². The topological polar surface area (TPSA) is 21.3 Å². The highest BCUT2D eigenvalue weighted by molar-refractivity contribution is 5.27. The lowest BCUT2D eigenvalue weighted by Crippen LogP contribution is -2.33. The summed E-state index contributed by atoms with van der Waals surface area (Å²) in [6.07, 6.45) is 2.68. The van der Waals surface area contributed by atoms with Gasteiger partial charge in [-0.15, -0.1) is 0 Å². The molecule has 0 amide bonds. The average molecular weight is 251 g/mol. The van der Waals surface area contributed by atoms with Crippen LogP contribution in [0.5, 0.6) is 0 Å². The van der Waals surface area contributed by atoms with E-state index in [0.29, 0.717) is 11.5 Å². The molecular formula is C15H22FNO. The number of halogens is 1. The Labute approximate surface area is 109 Å². The van der Waals surface area contributed by atoms with Crippen LogP contribution >= 0.6 is 0 Å². The molecule has 1 saturated carbocycles. The zero-order valence-corrected chi connectivity index (χ0v) is 11.4. The van der Waals surface area contributed by atoms with Gasteiger partial charge in [0.2, 0.25) is 0 Å². The second-order valence-corrected chi connectivity index (χ2v) is 5.03. The first-order chi connectivity index (χ1) is 8.67. The van der Waals surface area contributed by atoms with Gasteiger partial charge in [-0.25, -0.2) is 4.39 Å². The molecule has 2 nitrogen and oxygen atoms in total. The Morgan fingerprint density at radius 1 is 1.44 bits per heavy atom. The largest absolute Gasteiger partial charge is 0.376 e. The number of nitrogens with one attached hydrogen (secondary N) is 1. The Morgan fingerprint density at radius 3 is 2.67 bits per heavy atom. The number of hydrogen-bond donors (Lipinski definition) is 1. The van der Waals surface area contributed by atoms with Gasteiger partial charge in [0, 0.05) is 6.61 Å². The second kappa shape index (κ2) is 5.81. The fraction of sp³-hybridized carbons (Fsp3) is 0.600. The second-order valence-electron chi connectivity index (χ2n) is 5.03. The van der Waals surface area contributed by atoms with Crippen molar-refractivity contribution in [2.45, 2.75) is 38.8 Å². The number of benzene rings is 1. The van der Waals surface area contributed by atoms with Gasteiger partial charge in [-0.3, -0.25) is 0 Å². The van der Waals surface area contributed by atoms with Crippen LogP contribution in [0.15, 0.2) is 18.2 Å². The van der Waals surface area contributed by atoms with E-state index in [4.69, 9.17) is 4.74 Å². The van der Waals surface area contributed by atoms with Crippen LogP contribution in [0.3, 0.4) is 0 Å². The molecule has 1 aliphatic rings. The highest BCUT2D eigenvalue weighted by Gasteiger charge is 2.37. The molecule has 0 heterocycles. The van der Waals surface area contributed by atoms with E-state index in [0.717, 1.165) is 12.2 Å². The molecule has 0 aromatic heterocycles. The van der Waals surface area contributed by atoms with Crippen LogP contribution in [0, 0.1) is 18.7 Å². The third kappa shape index (κ3) is 2.90. The van der Waals surface area contributed by atoms with Gasteiger partial charge in [0.25, 0.3) is 0 Å². The van der Waals surface area contributed by atoms with Crippen molar-refractivity contribution < 1.29 is 9.13 Å². The van der Waals surface area contributed by atoms with E-state index in [1.807, 2.05) is 26.1 Å². The van der Waals surface area contributed by atoms with Crippen LogP contribution in [0.25, 0.3) is 0 Å². The third-order valence-electron chi connectivity index (χ3n) is 3.63. The lowest BCUT2D eigenvalue weighted by Gasteiger charge is -2.27. The summed E-state index contributed by atoms with van der Waals surface area (Å²) in [4.78, 5) is 0. The van der Waals surface area contributed by atoms with Crippen LogP contribution in [0.2, 0.25) is 0 Å². The normalized spacial score (nSPS) is 18.7. The first-order valence-corrected chi connectivity index (χ1v) is 6.72. The van der Waals surface area contributed by atoms with Crippen molar-refractivity contribution in [1.29, 1.82) is 0 Å². The Morgan fingerprint density at radius 2 is 2.17 bits per heavy atom. The molecule has 0 aliphatic heterocycles. The monoisotopic (exact) mass is 251 g/mol. The molecule has 2 unspecified atom stereocenters. The first-order valence-electron chi connectivity index (χ1n) is 6.72. The van der Waals surface area contributed by atoms with E-state index in [2.05, 4.69) is 5.32 Å². The van der Waals surface area contributed by atoms with Gasteiger partial charge in [-0.05, 0) is 56.8 Å². The maximum Gasteiger partial charge on any atom is 0.126 e. The summed E-state index contributed by atoms with van der Waals surface area (Å²) in [7, 11) is 1.94. The molecule has 0 radical (unpaired) electrons. The highest BCUT2D eigenvalue weighted by atomic mass is 19.1. The van der Waals surface area contributed by atoms with E-state index in [1.165, 1.54) is 12.8 Å². The summed E-state index contributed by atoms with van der Waals surface area (Å²) < 4.78 is 19.2. The third-order valence-corrected chi connectivity index (χ3v) is 3.63. The number of aryl methyl sites for hydroxylation is 1. The van der Waals surface area contributed by atoms with Crippen LogP contribution in [-0.2, 0) is 4.74 Å². The molecule has 1 aromatic rings. The smallest absolute Gasteiger partial charge is 0.126 e.